The number of hydrogen-bond acceptors (Lipinski definition) is 2. The molecule has 218 valence electrons. The zero-order valence-corrected chi connectivity index (χ0v) is 26.0. The average Bonchev–Trinajstić information content (AvgIpc) is 3.79. The lowest BCUT2D eigenvalue weighted by Crippen LogP contribution is -1.95. The highest BCUT2D eigenvalue weighted by Crippen LogP contribution is 2.43. The van der Waals surface area contributed by atoms with Gasteiger partial charge in [0.15, 0.2) is 0 Å². The maximum Gasteiger partial charge on any atom is 0.0992 e. The van der Waals surface area contributed by atoms with Crippen molar-refractivity contribution in [2.45, 2.75) is 0 Å². The Balaban J connectivity index is 1.22. The summed E-state index contributed by atoms with van der Waals surface area (Å²) in [5.41, 5.74) is 9.84. The second-order valence-corrected chi connectivity index (χ2v) is 13.1. The minimum Gasteiger partial charge on any atom is -0.309 e. The van der Waals surface area contributed by atoms with Crippen LogP contribution in [0.25, 0.3) is 86.3 Å². The molecule has 0 radical (unpaired) electrons. The number of fused-ring (bicyclic) bond motifs is 10. The molecular weight excluding hydrogens is 591 g/mol. The third kappa shape index (κ3) is 3.72. The van der Waals surface area contributed by atoms with Gasteiger partial charge in [0, 0.05) is 53.1 Å². The van der Waals surface area contributed by atoms with E-state index in [0.29, 0.717) is 5.56 Å². The van der Waals surface area contributed by atoms with Crippen molar-refractivity contribution in [1.82, 2.24) is 9.13 Å². The lowest BCUT2D eigenvalue weighted by molar-refractivity contribution is 1.17. The number of para-hydroxylation sites is 2. The molecule has 0 saturated heterocycles. The number of benzene rings is 7. The van der Waals surface area contributed by atoms with E-state index in [2.05, 4.69) is 149 Å². The molecule has 0 bridgehead atoms. The number of nitriles is 1. The Morgan fingerprint density at radius 1 is 0.468 bits per heavy atom. The maximum atomic E-state index is 9.79. The molecule has 0 fully saturated rings. The largest absolute Gasteiger partial charge is 0.309 e. The number of thiophene rings is 1. The van der Waals surface area contributed by atoms with Gasteiger partial charge in [0.25, 0.3) is 0 Å². The highest BCUT2D eigenvalue weighted by Gasteiger charge is 2.21. The van der Waals surface area contributed by atoms with E-state index >= 15 is 0 Å². The summed E-state index contributed by atoms with van der Waals surface area (Å²) in [4.78, 5) is 0. The number of rotatable bonds is 3. The summed E-state index contributed by atoms with van der Waals surface area (Å²) in [6.07, 6.45) is 0. The summed E-state index contributed by atoms with van der Waals surface area (Å²) < 4.78 is 7.33. The van der Waals surface area contributed by atoms with E-state index in [9.17, 15) is 5.26 Å². The fourth-order valence-corrected chi connectivity index (χ4v) is 8.77. The fraction of sp³-hybridized carbons (Fsp3) is 0. The van der Waals surface area contributed by atoms with Crippen LogP contribution < -0.4 is 0 Å². The van der Waals surface area contributed by atoms with Gasteiger partial charge in [0.2, 0.25) is 0 Å². The van der Waals surface area contributed by atoms with Crippen LogP contribution in [0.15, 0.2) is 152 Å². The second-order valence-electron chi connectivity index (χ2n) is 12.0. The van der Waals surface area contributed by atoms with Gasteiger partial charge in [-0.25, -0.2) is 0 Å². The molecule has 3 aromatic heterocycles. The van der Waals surface area contributed by atoms with Crippen molar-refractivity contribution in [3.8, 4) is 28.6 Å². The Morgan fingerprint density at radius 2 is 1.11 bits per heavy atom. The second kappa shape index (κ2) is 9.92. The van der Waals surface area contributed by atoms with Crippen molar-refractivity contribution in [3.63, 3.8) is 0 Å². The summed E-state index contributed by atoms with van der Waals surface area (Å²) in [5, 5.41) is 17.2. The summed E-state index contributed by atoms with van der Waals surface area (Å²) in [5.74, 6) is 0. The molecule has 0 N–H and O–H groups in total. The first-order chi connectivity index (χ1) is 23.3. The van der Waals surface area contributed by atoms with Crippen molar-refractivity contribution in [2.24, 2.45) is 0 Å². The predicted octanol–water partition coefficient (Wildman–Crippen LogP) is 11.8. The van der Waals surface area contributed by atoms with Crippen molar-refractivity contribution < 1.29 is 0 Å². The highest BCUT2D eigenvalue weighted by molar-refractivity contribution is 7.26. The van der Waals surface area contributed by atoms with Crippen molar-refractivity contribution in [2.75, 3.05) is 0 Å². The molecule has 0 aliphatic rings. The third-order valence-corrected chi connectivity index (χ3v) is 10.8. The number of aromatic nitrogens is 2. The molecular formula is C43H25N3S. The van der Waals surface area contributed by atoms with Gasteiger partial charge < -0.3 is 9.13 Å². The molecule has 3 heterocycles. The van der Waals surface area contributed by atoms with E-state index < -0.39 is 0 Å². The zero-order chi connectivity index (χ0) is 31.1. The Hall–Kier alpha value is -6.15. The molecule has 0 spiro atoms. The van der Waals surface area contributed by atoms with Gasteiger partial charge in [-0.2, -0.15) is 5.26 Å². The van der Waals surface area contributed by atoms with E-state index in [1.165, 1.54) is 53.0 Å². The summed E-state index contributed by atoms with van der Waals surface area (Å²) in [7, 11) is 0. The van der Waals surface area contributed by atoms with Gasteiger partial charge in [0.05, 0.1) is 33.7 Å². The fourth-order valence-electron chi connectivity index (χ4n) is 7.53. The van der Waals surface area contributed by atoms with Gasteiger partial charge in [-0.1, -0.05) is 91.0 Å². The normalized spacial score (nSPS) is 11.8. The monoisotopic (exact) mass is 615 g/mol. The number of nitrogens with zero attached hydrogens (tertiary/aromatic N) is 3. The van der Waals surface area contributed by atoms with Crippen molar-refractivity contribution in [1.29, 1.82) is 5.26 Å². The van der Waals surface area contributed by atoms with Crippen LogP contribution in [0, 0.1) is 11.3 Å². The van der Waals surface area contributed by atoms with Crippen LogP contribution >= 0.6 is 11.3 Å². The van der Waals surface area contributed by atoms with E-state index in [-0.39, 0.29) is 0 Å². The van der Waals surface area contributed by atoms with Crippen LogP contribution in [0.3, 0.4) is 0 Å². The minimum absolute atomic E-state index is 0.655. The van der Waals surface area contributed by atoms with Crippen LogP contribution in [0.1, 0.15) is 5.56 Å². The van der Waals surface area contributed by atoms with E-state index in [0.717, 1.165) is 33.3 Å². The minimum atomic E-state index is 0.655. The van der Waals surface area contributed by atoms with Crippen LogP contribution in [-0.2, 0) is 0 Å². The molecule has 4 heteroatoms. The standard InChI is InChI=1S/C43H25N3S/c44-26-27-17-22-35-39(25-27)46(29-9-2-1-3-10-29)38-24-23-37-41(42(35)38)34-12-4-6-15-36(34)45(37)30-20-18-28(19-21-30)31-13-8-14-33-32-11-5-7-16-40(32)47-43(31)33/h1-25H. The Kier molecular flexibility index (Phi) is 5.51. The average molecular weight is 616 g/mol. The van der Waals surface area contributed by atoms with E-state index in [1.807, 2.05) is 29.5 Å². The first-order valence-electron chi connectivity index (χ1n) is 15.8. The first kappa shape index (κ1) is 26.1. The molecule has 10 rings (SSSR count). The molecule has 3 nitrogen and oxygen atoms in total. The first-order valence-corrected chi connectivity index (χ1v) is 16.6. The molecule has 0 aliphatic carbocycles. The molecule has 0 amide bonds. The van der Waals surface area contributed by atoms with Crippen LogP contribution in [0.2, 0.25) is 0 Å². The van der Waals surface area contributed by atoms with Crippen molar-refractivity contribution in [3.05, 3.63) is 157 Å². The van der Waals surface area contributed by atoms with Gasteiger partial charge in [-0.15, -0.1) is 11.3 Å². The predicted molar refractivity (Wildman–Crippen MR) is 198 cm³/mol. The summed E-state index contributed by atoms with van der Waals surface area (Å²) in [6.45, 7) is 0. The van der Waals surface area contributed by atoms with Crippen LogP contribution in [-0.4, -0.2) is 9.13 Å². The van der Waals surface area contributed by atoms with E-state index in [1.54, 1.807) is 0 Å². The smallest absolute Gasteiger partial charge is 0.0992 e. The Morgan fingerprint density at radius 3 is 1.89 bits per heavy atom. The molecule has 47 heavy (non-hydrogen) atoms. The van der Waals surface area contributed by atoms with Crippen LogP contribution in [0.4, 0.5) is 0 Å². The SMILES string of the molecule is N#Cc1ccc2c3c4c5ccccc5n(-c5ccc(-c6cccc7c6sc6ccccc67)cc5)c4ccc3n(-c3ccccc3)c2c1. The molecule has 0 unspecified atom stereocenters. The maximum absolute atomic E-state index is 9.79. The van der Waals surface area contributed by atoms with Gasteiger partial charge >= 0.3 is 0 Å². The quantitative estimate of drug-likeness (QED) is 0.195. The lowest BCUT2D eigenvalue weighted by Gasteiger charge is -2.10. The van der Waals surface area contributed by atoms with Crippen LogP contribution in [0.5, 0.6) is 0 Å². The van der Waals surface area contributed by atoms with E-state index in [4.69, 9.17) is 0 Å². The topological polar surface area (TPSA) is 33.6 Å². The van der Waals surface area contributed by atoms with Gasteiger partial charge in [-0.3, -0.25) is 0 Å². The summed E-state index contributed by atoms with van der Waals surface area (Å²) >= 11 is 1.87. The summed E-state index contributed by atoms with van der Waals surface area (Å²) in [6, 6.07) is 56.4. The molecule has 7 aromatic carbocycles. The Bertz CT molecular complexity index is 2900. The molecule has 0 atom stereocenters. The van der Waals surface area contributed by atoms with Crippen molar-refractivity contribution >= 4 is 75.1 Å². The highest BCUT2D eigenvalue weighted by atomic mass is 32.1. The lowest BCUT2D eigenvalue weighted by atomic mass is 10.0. The molecule has 0 aliphatic heterocycles. The molecule has 10 aromatic rings. The Labute approximate surface area is 274 Å². The zero-order valence-electron chi connectivity index (χ0n) is 25.2. The van der Waals surface area contributed by atoms with Gasteiger partial charge in [0.1, 0.15) is 0 Å². The third-order valence-electron chi connectivity index (χ3n) is 9.55. The van der Waals surface area contributed by atoms with Gasteiger partial charge in [-0.05, 0) is 71.8 Å². The molecule has 0 saturated carbocycles. The number of hydrogen-bond donors (Lipinski definition) is 0.